The van der Waals surface area contributed by atoms with Gasteiger partial charge in [0.2, 0.25) is 0 Å². The van der Waals surface area contributed by atoms with Crippen molar-refractivity contribution in [3.8, 4) is 0 Å². The maximum atomic E-state index is 12.7. The van der Waals surface area contributed by atoms with Crippen LogP contribution in [-0.4, -0.2) is 37.2 Å². The van der Waals surface area contributed by atoms with E-state index in [0.29, 0.717) is 19.3 Å². The van der Waals surface area contributed by atoms with Gasteiger partial charge in [-0.2, -0.15) is 0 Å². The van der Waals surface area contributed by atoms with Crippen molar-refractivity contribution in [3.05, 3.63) is 24.3 Å². The first-order valence-electron chi connectivity index (χ1n) is 22.8. The second-order valence-electron chi connectivity index (χ2n) is 15.3. The van der Waals surface area contributed by atoms with Crippen molar-refractivity contribution in [3.63, 3.8) is 0 Å². The number of carbonyl (C=O) groups is 3. The highest BCUT2D eigenvalue weighted by molar-refractivity contribution is 5.71. The van der Waals surface area contributed by atoms with Crippen LogP contribution in [0.15, 0.2) is 24.3 Å². The molecule has 310 valence electrons. The molecule has 0 bridgehead atoms. The number of hydrogen-bond acceptors (Lipinski definition) is 6. The van der Waals surface area contributed by atoms with Crippen LogP contribution in [0.4, 0.5) is 0 Å². The van der Waals surface area contributed by atoms with Crippen LogP contribution in [0.2, 0.25) is 0 Å². The largest absolute Gasteiger partial charge is 0.462 e. The first kappa shape index (κ1) is 50.9. The lowest BCUT2D eigenvalue weighted by molar-refractivity contribution is -0.167. The van der Waals surface area contributed by atoms with Crippen LogP contribution < -0.4 is 0 Å². The Hall–Kier alpha value is -2.11. The van der Waals surface area contributed by atoms with Gasteiger partial charge in [-0.15, -0.1) is 0 Å². The van der Waals surface area contributed by atoms with Gasteiger partial charge in [0, 0.05) is 19.3 Å². The monoisotopic (exact) mass is 747 g/mol. The molecule has 0 aromatic carbocycles. The molecule has 0 N–H and O–H groups in total. The quantitative estimate of drug-likeness (QED) is 0.0268. The van der Waals surface area contributed by atoms with Gasteiger partial charge in [-0.05, 0) is 44.9 Å². The van der Waals surface area contributed by atoms with Gasteiger partial charge in [-0.3, -0.25) is 14.4 Å². The molecule has 0 fully saturated rings. The van der Waals surface area contributed by atoms with E-state index in [4.69, 9.17) is 14.2 Å². The van der Waals surface area contributed by atoms with Crippen molar-refractivity contribution in [2.24, 2.45) is 0 Å². The summed E-state index contributed by atoms with van der Waals surface area (Å²) in [4.78, 5) is 37.7. The zero-order chi connectivity index (χ0) is 38.7. The Labute approximate surface area is 328 Å². The lowest BCUT2D eigenvalue weighted by Gasteiger charge is -2.18. The third kappa shape index (κ3) is 40.9. The van der Waals surface area contributed by atoms with Gasteiger partial charge in [0.15, 0.2) is 6.10 Å². The Kier molecular flexibility index (Phi) is 40.9. The Bertz CT molecular complexity index is 865. The molecular weight excluding hydrogens is 661 g/mol. The van der Waals surface area contributed by atoms with E-state index in [-0.39, 0.29) is 31.1 Å². The second-order valence-corrected chi connectivity index (χ2v) is 15.3. The summed E-state index contributed by atoms with van der Waals surface area (Å²) in [5.41, 5.74) is 0. The van der Waals surface area contributed by atoms with Crippen LogP contribution in [0.1, 0.15) is 239 Å². The number of ether oxygens (including phenoxy) is 3. The molecule has 0 aliphatic heterocycles. The van der Waals surface area contributed by atoms with Crippen molar-refractivity contribution >= 4 is 17.9 Å². The van der Waals surface area contributed by atoms with Crippen LogP contribution in [0.3, 0.4) is 0 Å². The van der Waals surface area contributed by atoms with E-state index in [2.05, 4.69) is 45.1 Å². The molecule has 0 radical (unpaired) electrons. The summed E-state index contributed by atoms with van der Waals surface area (Å²) in [5.74, 6) is -0.883. The normalized spacial score (nSPS) is 12.1. The van der Waals surface area contributed by atoms with Crippen LogP contribution in [0.25, 0.3) is 0 Å². The predicted octanol–water partition coefficient (Wildman–Crippen LogP) is 14.4. The minimum Gasteiger partial charge on any atom is -0.462 e. The summed E-state index contributed by atoms with van der Waals surface area (Å²) in [7, 11) is 0. The maximum absolute atomic E-state index is 12.7. The van der Waals surface area contributed by atoms with E-state index >= 15 is 0 Å². The molecule has 6 nitrogen and oxygen atoms in total. The maximum Gasteiger partial charge on any atom is 0.306 e. The van der Waals surface area contributed by atoms with Crippen LogP contribution in [-0.2, 0) is 28.6 Å². The highest BCUT2D eigenvalue weighted by Gasteiger charge is 2.19. The number of hydrogen-bond donors (Lipinski definition) is 0. The molecule has 0 aliphatic carbocycles. The average molecular weight is 747 g/mol. The van der Waals surface area contributed by atoms with Gasteiger partial charge >= 0.3 is 17.9 Å². The fourth-order valence-corrected chi connectivity index (χ4v) is 6.46. The molecule has 53 heavy (non-hydrogen) atoms. The van der Waals surface area contributed by atoms with Crippen LogP contribution in [0, 0.1) is 0 Å². The smallest absolute Gasteiger partial charge is 0.306 e. The number of carbonyl (C=O) groups excluding carboxylic acids is 3. The highest BCUT2D eigenvalue weighted by Crippen LogP contribution is 2.15. The van der Waals surface area contributed by atoms with Gasteiger partial charge in [0.05, 0.1) is 0 Å². The highest BCUT2D eigenvalue weighted by atomic mass is 16.6. The molecule has 0 amide bonds. The molecule has 0 spiro atoms. The summed E-state index contributed by atoms with van der Waals surface area (Å²) < 4.78 is 16.7. The molecule has 0 saturated carbocycles. The summed E-state index contributed by atoms with van der Waals surface area (Å²) in [6.45, 7) is 6.57. The summed E-state index contributed by atoms with van der Waals surface area (Å²) >= 11 is 0. The molecule has 1 unspecified atom stereocenters. The Morgan fingerprint density at radius 3 is 1.09 bits per heavy atom. The minimum atomic E-state index is -0.768. The number of rotatable bonds is 41. The molecule has 0 aromatic rings. The van der Waals surface area contributed by atoms with E-state index < -0.39 is 6.10 Å². The van der Waals surface area contributed by atoms with Crippen molar-refractivity contribution < 1.29 is 28.6 Å². The Morgan fingerprint density at radius 1 is 0.377 bits per heavy atom. The van der Waals surface area contributed by atoms with Gasteiger partial charge in [-0.25, -0.2) is 0 Å². The van der Waals surface area contributed by atoms with Crippen molar-refractivity contribution in [2.45, 2.75) is 245 Å². The zero-order valence-corrected chi connectivity index (χ0v) is 35.3. The van der Waals surface area contributed by atoms with Gasteiger partial charge in [-0.1, -0.05) is 199 Å². The molecule has 0 heterocycles. The number of unbranched alkanes of at least 4 members (excludes halogenated alkanes) is 26. The molecule has 0 saturated heterocycles. The summed E-state index contributed by atoms with van der Waals surface area (Å²) in [6.07, 6.45) is 45.8. The fourth-order valence-electron chi connectivity index (χ4n) is 6.46. The molecule has 0 rings (SSSR count). The average Bonchev–Trinajstić information content (AvgIpc) is 3.15. The van der Waals surface area contributed by atoms with Crippen molar-refractivity contribution in [1.29, 1.82) is 0 Å². The zero-order valence-electron chi connectivity index (χ0n) is 35.3. The first-order valence-corrected chi connectivity index (χ1v) is 22.8. The third-order valence-electron chi connectivity index (χ3n) is 9.96. The van der Waals surface area contributed by atoms with Gasteiger partial charge in [0.1, 0.15) is 13.2 Å². The Morgan fingerprint density at radius 2 is 0.698 bits per heavy atom. The number of esters is 3. The van der Waals surface area contributed by atoms with E-state index in [1.807, 2.05) is 0 Å². The summed E-state index contributed by atoms with van der Waals surface area (Å²) in [5, 5.41) is 0. The van der Waals surface area contributed by atoms with Gasteiger partial charge < -0.3 is 14.2 Å². The summed E-state index contributed by atoms with van der Waals surface area (Å²) in [6, 6.07) is 0. The third-order valence-corrected chi connectivity index (χ3v) is 9.96. The minimum absolute atomic E-state index is 0.0720. The Balaban J connectivity index is 4.36. The first-order chi connectivity index (χ1) is 26.0. The second kappa shape index (κ2) is 42.6. The van der Waals surface area contributed by atoms with Crippen molar-refractivity contribution in [2.75, 3.05) is 13.2 Å². The topological polar surface area (TPSA) is 78.9 Å². The molecule has 0 aliphatic rings. The van der Waals surface area contributed by atoms with E-state index in [1.54, 1.807) is 0 Å². The molecule has 1 atom stereocenters. The molecule has 0 aromatic heterocycles. The predicted molar refractivity (Wildman–Crippen MR) is 224 cm³/mol. The lowest BCUT2D eigenvalue weighted by atomic mass is 10.1. The lowest BCUT2D eigenvalue weighted by Crippen LogP contribution is -2.30. The van der Waals surface area contributed by atoms with E-state index in [0.717, 1.165) is 77.0 Å². The molecular formula is C47H86O6. The van der Waals surface area contributed by atoms with Crippen molar-refractivity contribution in [1.82, 2.24) is 0 Å². The molecule has 6 heteroatoms. The standard InChI is InChI=1S/C47H86O6/c1-4-7-10-13-16-19-22-23-24-26-28-31-34-37-40-46(49)52-43-44(42-51-45(48)39-36-33-30-27-21-18-15-12-9-6-3)53-47(50)41-38-35-32-29-25-20-17-14-11-8-5-2/h13,16,22-23,44H,4-12,14-15,17-21,24-43H2,1-3H3/b16-13-,23-22-. The van der Waals surface area contributed by atoms with E-state index in [1.165, 1.54) is 122 Å². The van der Waals surface area contributed by atoms with E-state index in [9.17, 15) is 14.4 Å². The SMILES string of the molecule is CCCC/C=C\C/C=C\CCCCCCCC(=O)OCC(COC(=O)CCCCCCCCCCCC)OC(=O)CCCCCCCCCCCCC. The fraction of sp³-hybridized carbons (Fsp3) is 0.851. The number of allylic oxidation sites excluding steroid dienone is 4. The van der Waals surface area contributed by atoms with Crippen LogP contribution in [0.5, 0.6) is 0 Å². The van der Waals surface area contributed by atoms with Crippen LogP contribution >= 0.6 is 0 Å². The van der Waals surface area contributed by atoms with Gasteiger partial charge in [0.25, 0.3) is 0 Å².